The Hall–Kier alpha value is -0.440. The highest BCUT2D eigenvalue weighted by atomic mass is 127. The van der Waals surface area contributed by atoms with E-state index in [2.05, 4.69) is 53.6 Å². The van der Waals surface area contributed by atoms with Crippen molar-refractivity contribution in [1.82, 2.24) is 19.7 Å². The maximum absolute atomic E-state index is 5.85. The van der Waals surface area contributed by atoms with E-state index in [0.29, 0.717) is 11.9 Å². The third-order valence-corrected chi connectivity index (χ3v) is 5.05. The number of anilines is 1. The van der Waals surface area contributed by atoms with Gasteiger partial charge in [-0.2, -0.15) is 5.10 Å². The molecule has 3 rings (SSSR count). The number of hydrogen-bond donors (Lipinski definition) is 1. The highest BCUT2D eigenvalue weighted by molar-refractivity contribution is 14.1. The first-order valence-electron chi connectivity index (χ1n) is 5.41. The number of fused-ring (bicyclic) bond motifs is 1. The van der Waals surface area contributed by atoms with E-state index in [1.54, 1.807) is 0 Å². The minimum Gasteiger partial charge on any atom is -0.383 e. The Bertz CT molecular complexity index is 563. The standard InChI is InChI=1S/C10H11BrIN5/c11-8-7-9(13)14-4-15-10(7)17(16-8)6-1-5(2-6)3-12/h4-6H,1-3H2,(H2,13,14,15). The highest BCUT2D eigenvalue weighted by Gasteiger charge is 2.32. The van der Waals surface area contributed by atoms with E-state index in [4.69, 9.17) is 5.73 Å². The van der Waals surface area contributed by atoms with Crippen LogP contribution in [0.2, 0.25) is 0 Å². The molecule has 0 aromatic carbocycles. The van der Waals surface area contributed by atoms with Crippen molar-refractivity contribution in [3.63, 3.8) is 0 Å². The van der Waals surface area contributed by atoms with Gasteiger partial charge in [-0.25, -0.2) is 14.6 Å². The van der Waals surface area contributed by atoms with Gasteiger partial charge in [-0.1, -0.05) is 22.6 Å². The summed E-state index contributed by atoms with van der Waals surface area (Å²) in [5.74, 6) is 1.30. The van der Waals surface area contributed by atoms with E-state index in [-0.39, 0.29) is 0 Å². The molecule has 0 radical (unpaired) electrons. The van der Waals surface area contributed by atoms with E-state index in [9.17, 15) is 0 Å². The molecule has 0 amide bonds. The van der Waals surface area contributed by atoms with Crippen molar-refractivity contribution in [2.75, 3.05) is 10.2 Å². The average Bonchev–Trinajstić information content (AvgIpc) is 2.56. The molecule has 1 aliphatic carbocycles. The van der Waals surface area contributed by atoms with Crippen LogP contribution < -0.4 is 5.73 Å². The molecular weight excluding hydrogens is 397 g/mol. The lowest BCUT2D eigenvalue weighted by molar-refractivity contribution is 0.211. The first-order chi connectivity index (χ1) is 8.20. The summed E-state index contributed by atoms with van der Waals surface area (Å²) in [6.07, 6.45) is 3.85. The Balaban J connectivity index is 2.04. The second kappa shape index (κ2) is 4.34. The summed E-state index contributed by atoms with van der Waals surface area (Å²) in [6.45, 7) is 0. The summed E-state index contributed by atoms with van der Waals surface area (Å²) in [6, 6.07) is 0.456. The van der Waals surface area contributed by atoms with Gasteiger partial charge in [-0.15, -0.1) is 0 Å². The number of halogens is 2. The molecule has 2 aromatic rings. The molecule has 1 fully saturated rings. The zero-order chi connectivity index (χ0) is 12.0. The van der Waals surface area contributed by atoms with Crippen LogP contribution in [0.5, 0.6) is 0 Å². The predicted molar refractivity (Wildman–Crippen MR) is 78.1 cm³/mol. The van der Waals surface area contributed by atoms with E-state index in [1.165, 1.54) is 23.6 Å². The first kappa shape index (κ1) is 11.6. The van der Waals surface area contributed by atoms with Gasteiger partial charge in [-0.3, -0.25) is 0 Å². The quantitative estimate of drug-likeness (QED) is 0.613. The molecular formula is C10H11BrIN5. The minimum absolute atomic E-state index is 0.456. The van der Waals surface area contributed by atoms with Crippen molar-refractivity contribution < 1.29 is 0 Å². The summed E-state index contributed by atoms with van der Waals surface area (Å²) >= 11 is 5.87. The van der Waals surface area contributed by atoms with Gasteiger partial charge in [0, 0.05) is 4.43 Å². The Labute approximate surface area is 120 Å². The molecule has 2 heterocycles. The van der Waals surface area contributed by atoms with E-state index in [1.807, 2.05) is 4.68 Å². The third-order valence-electron chi connectivity index (χ3n) is 3.25. The van der Waals surface area contributed by atoms with Crippen LogP contribution in [0.1, 0.15) is 18.9 Å². The lowest BCUT2D eigenvalue weighted by Crippen LogP contribution is -2.28. The number of nitrogens with zero attached hydrogens (tertiary/aromatic N) is 4. The van der Waals surface area contributed by atoms with Crippen molar-refractivity contribution in [2.45, 2.75) is 18.9 Å². The average molecular weight is 408 g/mol. The lowest BCUT2D eigenvalue weighted by atomic mass is 9.82. The molecule has 2 N–H and O–H groups in total. The van der Waals surface area contributed by atoms with Gasteiger partial charge in [0.15, 0.2) is 5.65 Å². The van der Waals surface area contributed by atoms with Crippen LogP contribution >= 0.6 is 38.5 Å². The lowest BCUT2D eigenvalue weighted by Gasteiger charge is -2.34. The van der Waals surface area contributed by atoms with Crippen molar-refractivity contribution in [3.8, 4) is 0 Å². The minimum atomic E-state index is 0.456. The molecule has 0 spiro atoms. The van der Waals surface area contributed by atoms with Crippen molar-refractivity contribution in [3.05, 3.63) is 10.9 Å². The van der Waals surface area contributed by atoms with Crippen LogP contribution in [0.4, 0.5) is 5.82 Å². The van der Waals surface area contributed by atoms with Crippen LogP contribution in [0, 0.1) is 5.92 Å². The second-order valence-electron chi connectivity index (χ2n) is 4.34. The zero-order valence-electron chi connectivity index (χ0n) is 8.98. The van der Waals surface area contributed by atoms with Crippen molar-refractivity contribution >= 4 is 55.4 Å². The van der Waals surface area contributed by atoms with Gasteiger partial charge >= 0.3 is 0 Å². The number of aromatic nitrogens is 4. The van der Waals surface area contributed by atoms with Crippen LogP contribution in [-0.4, -0.2) is 24.2 Å². The summed E-state index contributed by atoms with van der Waals surface area (Å²) in [7, 11) is 0. The molecule has 0 unspecified atom stereocenters. The van der Waals surface area contributed by atoms with Gasteiger partial charge in [0.2, 0.25) is 0 Å². The summed E-state index contributed by atoms with van der Waals surface area (Å²) in [4.78, 5) is 8.29. The fourth-order valence-electron chi connectivity index (χ4n) is 2.23. The monoisotopic (exact) mass is 407 g/mol. The highest BCUT2D eigenvalue weighted by Crippen LogP contribution is 2.41. The fourth-order valence-corrected chi connectivity index (χ4v) is 3.50. The first-order valence-corrected chi connectivity index (χ1v) is 7.72. The van der Waals surface area contributed by atoms with E-state index >= 15 is 0 Å². The topological polar surface area (TPSA) is 69.6 Å². The summed E-state index contributed by atoms with van der Waals surface area (Å²) < 4.78 is 3.94. The van der Waals surface area contributed by atoms with Gasteiger partial charge < -0.3 is 5.73 Å². The summed E-state index contributed by atoms with van der Waals surface area (Å²) in [5, 5.41) is 5.31. The number of rotatable bonds is 2. The fraction of sp³-hybridized carbons (Fsp3) is 0.500. The molecule has 1 aliphatic rings. The molecule has 1 saturated carbocycles. The van der Waals surface area contributed by atoms with Crippen LogP contribution in [0.15, 0.2) is 10.9 Å². The molecule has 90 valence electrons. The molecule has 0 bridgehead atoms. The van der Waals surface area contributed by atoms with Gasteiger partial charge in [-0.05, 0) is 34.7 Å². The number of nitrogens with two attached hydrogens (primary N) is 1. The zero-order valence-corrected chi connectivity index (χ0v) is 12.7. The van der Waals surface area contributed by atoms with Crippen molar-refractivity contribution in [2.24, 2.45) is 5.92 Å². The normalized spacial score (nSPS) is 23.9. The maximum Gasteiger partial charge on any atom is 0.164 e. The predicted octanol–water partition coefficient (Wildman–Crippen LogP) is 2.56. The smallest absolute Gasteiger partial charge is 0.164 e. The Kier molecular flexibility index (Phi) is 2.97. The largest absolute Gasteiger partial charge is 0.383 e. The van der Waals surface area contributed by atoms with Gasteiger partial charge in [0.25, 0.3) is 0 Å². The van der Waals surface area contributed by atoms with Crippen LogP contribution in [0.3, 0.4) is 0 Å². The third kappa shape index (κ3) is 1.83. The number of hydrogen-bond acceptors (Lipinski definition) is 4. The van der Waals surface area contributed by atoms with Crippen LogP contribution in [0.25, 0.3) is 11.0 Å². The number of alkyl halides is 1. The Morgan fingerprint density at radius 1 is 1.47 bits per heavy atom. The Morgan fingerprint density at radius 3 is 2.94 bits per heavy atom. The molecule has 17 heavy (non-hydrogen) atoms. The van der Waals surface area contributed by atoms with Crippen LogP contribution in [-0.2, 0) is 0 Å². The molecule has 0 saturated heterocycles. The molecule has 5 nitrogen and oxygen atoms in total. The Morgan fingerprint density at radius 2 is 2.24 bits per heavy atom. The van der Waals surface area contributed by atoms with E-state index < -0.39 is 0 Å². The van der Waals surface area contributed by atoms with Crippen molar-refractivity contribution in [1.29, 1.82) is 0 Å². The number of nitrogen functional groups attached to an aromatic ring is 1. The molecule has 0 aliphatic heterocycles. The van der Waals surface area contributed by atoms with Gasteiger partial charge in [0.05, 0.1) is 11.4 Å². The SMILES string of the molecule is Nc1ncnc2c1c(Br)nn2C1CC(CI)C1. The molecule has 2 aromatic heterocycles. The maximum atomic E-state index is 5.85. The second-order valence-corrected chi connectivity index (χ2v) is 5.97. The summed E-state index contributed by atoms with van der Waals surface area (Å²) in [5.41, 5.74) is 6.68. The van der Waals surface area contributed by atoms with E-state index in [0.717, 1.165) is 21.6 Å². The molecule has 0 atom stereocenters. The van der Waals surface area contributed by atoms with Gasteiger partial charge in [0.1, 0.15) is 16.7 Å². The molecule has 7 heteroatoms.